The number of benzene rings is 2. The Labute approximate surface area is 156 Å². The molecule has 5 nitrogen and oxygen atoms in total. The van der Waals surface area contributed by atoms with Crippen LogP contribution in [0.4, 0.5) is 5.69 Å². The molecule has 7 heteroatoms. The second kappa shape index (κ2) is 8.30. The number of amides is 1. The standard InChI is InChI=1S/C17H15Br2NO4/c1-10(24-15-8-5-12(18)9-14(15)19)16(21)20-13-6-3-11(4-7-13)17(22)23-2/h3-10H,1-2H3,(H,20,21)/t10-/m1/s1. The summed E-state index contributed by atoms with van der Waals surface area (Å²) >= 11 is 6.75. The van der Waals surface area contributed by atoms with Gasteiger partial charge in [-0.1, -0.05) is 15.9 Å². The van der Waals surface area contributed by atoms with Crippen molar-refractivity contribution in [2.45, 2.75) is 13.0 Å². The Bertz CT molecular complexity index is 747. The number of carbonyl (C=O) groups is 2. The number of hydrogen-bond donors (Lipinski definition) is 1. The number of rotatable bonds is 5. The summed E-state index contributed by atoms with van der Waals surface area (Å²) in [6, 6.07) is 11.9. The van der Waals surface area contributed by atoms with E-state index in [0.29, 0.717) is 17.0 Å². The second-order valence-electron chi connectivity index (χ2n) is 4.89. The topological polar surface area (TPSA) is 64.6 Å². The number of carbonyl (C=O) groups excluding carboxylic acids is 2. The van der Waals surface area contributed by atoms with Crippen LogP contribution >= 0.6 is 31.9 Å². The summed E-state index contributed by atoms with van der Waals surface area (Å²) in [5, 5.41) is 2.74. The molecule has 0 saturated carbocycles. The fraction of sp³-hybridized carbons (Fsp3) is 0.176. The van der Waals surface area contributed by atoms with E-state index in [1.165, 1.54) is 7.11 Å². The fourth-order valence-corrected chi connectivity index (χ4v) is 3.01. The normalized spacial score (nSPS) is 11.5. The van der Waals surface area contributed by atoms with Crippen LogP contribution < -0.4 is 10.1 Å². The Balaban J connectivity index is 1.99. The van der Waals surface area contributed by atoms with Gasteiger partial charge in [-0.05, 0) is 65.3 Å². The smallest absolute Gasteiger partial charge is 0.337 e. The predicted molar refractivity (Wildman–Crippen MR) is 98.3 cm³/mol. The molecule has 1 amide bonds. The summed E-state index contributed by atoms with van der Waals surface area (Å²) in [6.07, 6.45) is -0.692. The van der Waals surface area contributed by atoms with Crippen molar-refractivity contribution in [3.8, 4) is 5.75 Å². The predicted octanol–water partition coefficient (Wildman–Crippen LogP) is 4.40. The minimum atomic E-state index is -0.692. The molecule has 0 aliphatic rings. The van der Waals surface area contributed by atoms with Gasteiger partial charge in [0.15, 0.2) is 6.10 Å². The first-order chi connectivity index (χ1) is 11.4. The molecule has 0 heterocycles. The van der Waals surface area contributed by atoms with Crippen LogP contribution in [0.3, 0.4) is 0 Å². The molecular formula is C17H15Br2NO4. The van der Waals surface area contributed by atoms with Crippen LogP contribution in [-0.2, 0) is 9.53 Å². The van der Waals surface area contributed by atoms with E-state index in [1.54, 1.807) is 37.3 Å². The number of hydrogen-bond acceptors (Lipinski definition) is 4. The molecule has 2 aromatic carbocycles. The van der Waals surface area contributed by atoms with E-state index in [-0.39, 0.29) is 5.91 Å². The van der Waals surface area contributed by atoms with Crippen molar-refractivity contribution < 1.29 is 19.1 Å². The lowest BCUT2D eigenvalue weighted by Crippen LogP contribution is -2.30. The number of methoxy groups -OCH3 is 1. The maximum atomic E-state index is 12.2. The lowest BCUT2D eigenvalue weighted by molar-refractivity contribution is -0.122. The summed E-state index contributed by atoms with van der Waals surface area (Å²) in [4.78, 5) is 23.6. The lowest BCUT2D eigenvalue weighted by atomic mass is 10.2. The minimum absolute atomic E-state index is 0.296. The van der Waals surface area contributed by atoms with Crippen LogP contribution in [-0.4, -0.2) is 25.1 Å². The quantitative estimate of drug-likeness (QED) is 0.677. The lowest BCUT2D eigenvalue weighted by Gasteiger charge is -2.16. The zero-order valence-corrected chi connectivity index (χ0v) is 16.2. The monoisotopic (exact) mass is 455 g/mol. The molecule has 2 aromatic rings. The van der Waals surface area contributed by atoms with Gasteiger partial charge in [-0.25, -0.2) is 4.79 Å². The molecule has 1 atom stereocenters. The van der Waals surface area contributed by atoms with E-state index < -0.39 is 12.1 Å². The third kappa shape index (κ3) is 4.82. The van der Waals surface area contributed by atoms with Gasteiger partial charge in [-0.3, -0.25) is 4.79 Å². The van der Waals surface area contributed by atoms with E-state index >= 15 is 0 Å². The van der Waals surface area contributed by atoms with E-state index in [1.807, 2.05) is 12.1 Å². The third-order valence-electron chi connectivity index (χ3n) is 3.14. The molecule has 0 unspecified atom stereocenters. The molecule has 0 bridgehead atoms. The zero-order valence-electron chi connectivity index (χ0n) is 13.0. The average molecular weight is 457 g/mol. The summed E-state index contributed by atoms with van der Waals surface area (Å²) < 4.78 is 11.9. The number of esters is 1. The molecule has 0 aromatic heterocycles. The van der Waals surface area contributed by atoms with Crippen molar-refractivity contribution in [1.29, 1.82) is 0 Å². The van der Waals surface area contributed by atoms with Crippen LogP contribution in [0.1, 0.15) is 17.3 Å². The fourth-order valence-electron chi connectivity index (χ4n) is 1.87. The van der Waals surface area contributed by atoms with Crippen molar-refractivity contribution >= 4 is 49.4 Å². The van der Waals surface area contributed by atoms with E-state index in [0.717, 1.165) is 8.95 Å². The zero-order chi connectivity index (χ0) is 17.7. The Morgan fingerprint density at radius 2 is 1.75 bits per heavy atom. The molecule has 2 rings (SSSR count). The molecule has 0 aliphatic heterocycles. The third-order valence-corrected chi connectivity index (χ3v) is 4.25. The molecule has 0 spiro atoms. The van der Waals surface area contributed by atoms with Gasteiger partial charge < -0.3 is 14.8 Å². The maximum absolute atomic E-state index is 12.2. The molecule has 1 N–H and O–H groups in total. The molecular weight excluding hydrogens is 442 g/mol. The SMILES string of the molecule is COC(=O)c1ccc(NC(=O)[C@@H](C)Oc2ccc(Br)cc2Br)cc1. The van der Waals surface area contributed by atoms with Crippen molar-refractivity contribution in [3.05, 3.63) is 57.0 Å². The molecule has 24 heavy (non-hydrogen) atoms. The summed E-state index contributed by atoms with van der Waals surface area (Å²) in [7, 11) is 1.32. The maximum Gasteiger partial charge on any atom is 0.337 e. The van der Waals surface area contributed by atoms with Gasteiger partial charge in [-0.2, -0.15) is 0 Å². The highest BCUT2D eigenvalue weighted by Crippen LogP contribution is 2.29. The van der Waals surface area contributed by atoms with Gasteiger partial charge in [0.2, 0.25) is 0 Å². The van der Waals surface area contributed by atoms with Gasteiger partial charge in [0.25, 0.3) is 5.91 Å². The van der Waals surface area contributed by atoms with Crippen LogP contribution in [0.15, 0.2) is 51.4 Å². The molecule has 126 valence electrons. The van der Waals surface area contributed by atoms with Gasteiger partial charge in [0.1, 0.15) is 5.75 Å². The van der Waals surface area contributed by atoms with E-state index in [2.05, 4.69) is 41.9 Å². The molecule has 0 fully saturated rings. The van der Waals surface area contributed by atoms with E-state index in [9.17, 15) is 9.59 Å². The highest BCUT2D eigenvalue weighted by atomic mass is 79.9. The molecule has 0 radical (unpaired) electrons. The summed E-state index contributed by atoms with van der Waals surface area (Å²) in [5.74, 6) is -0.151. The minimum Gasteiger partial charge on any atom is -0.480 e. The first kappa shape index (κ1) is 18.5. The van der Waals surface area contributed by atoms with E-state index in [4.69, 9.17) is 4.74 Å². The Morgan fingerprint density at radius 1 is 1.08 bits per heavy atom. The van der Waals surface area contributed by atoms with Crippen LogP contribution in [0.2, 0.25) is 0 Å². The van der Waals surface area contributed by atoms with Crippen molar-refractivity contribution in [2.75, 3.05) is 12.4 Å². The highest BCUT2D eigenvalue weighted by Gasteiger charge is 2.16. The number of ether oxygens (including phenoxy) is 2. The number of halogens is 2. The Morgan fingerprint density at radius 3 is 2.33 bits per heavy atom. The first-order valence-corrected chi connectivity index (χ1v) is 8.60. The largest absolute Gasteiger partial charge is 0.480 e. The van der Waals surface area contributed by atoms with Crippen LogP contribution in [0.5, 0.6) is 5.75 Å². The number of nitrogens with one attached hydrogen (secondary N) is 1. The summed E-state index contributed by atoms with van der Waals surface area (Å²) in [6.45, 7) is 1.66. The Hall–Kier alpha value is -1.86. The molecule has 0 saturated heterocycles. The second-order valence-corrected chi connectivity index (χ2v) is 6.66. The number of anilines is 1. The average Bonchev–Trinajstić information content (AvgIpc) is 2.57. The van der Waals surface area contributed by atoms with Crippen LogP contribution in [0.25, 0.3) is 0 Å². The first-order valence-electron chi connectivity index (χ1n) is 7.01. The Kier molecular flexibility index (Phi) is 6.39. The van der Waals surface area contributed by atoms with Crippen molar-refractivity contribution in [1.82, 2.24) is 0 Å². The van der Waals surface area contributed by atoms with Gasteiger partial charge in [0, 0.05) is 10.2 Å². The van der Waals surface area contributed by atoms with Crippen molar-refractivity contribution in [3.63, 3.8) is 0 Å². The molecule has 0 aliphatic carbocycles. The van der Waals surface area contributed by atoms with Crippen LogP contribution in [0, 0.1) is 0 Å². The summed E-state index contributed by atoms with van der Waals surface area (Å²) in [5.41, 5.74) is 0.983. The van der Waals surface area contributed by atoms with Gasteiger partial charge in [-0.15, -0.1) is 0 Å². The van der Waals surface area contributed by atoms with Crippen molar-refractivity contribution in [2.24, 2.45) is 0 Å². The highest BCUT2D eigenvalue weighted by molar-refractivity contribution is 9.11. The van der Waals surface area contributed by atoms with Gasteiger partial charge in [0.05, 0.1) is 17.1 Å². The van der Waals surface area contributed by atoms with Gasteiger partial charge >= 0.3 is 5.97 Å².